The lowest BCUT2D eigenvalue weighted by Gasteiger charge is -2.06. The molecule has 2 aromatic rings. The molecule has 0 radical (unpaired) electrons. The van der Waals surface area contributed by atoms with E-state index in [1.165, 1.54) is 0 Å². The summed E-state index contributed by atoms with van der Waals surface area (Å²) in [7, 11) is 1.65. The molecule has 6 heteroatoms. The van der Waals surface area contributed by atoms with Gasteiger partial charge < -0.3 is 15.2 Å². The van der Waals surface area contributed by atoms with Gasteiger partial charge in [-0.25, -0.2) is 4.68 Å². The number of nitrogens with two attached hydrogens (primary N) is 1. The van der Waals surface area contributed by atoms with E-state index in [4.69, 9.17) is 15.2 Å². The maximum atomic E-state index is 5.49. The number of rotatable bonds is 6. The molecule has 0 unspecified atom stereocenters. The topological polar surface area (TPSA) is 75.2 Å². The van der Waals surface area contributed by atoms with E-state index in [9.17, 15) is 0 Å². The molecule has 0 saturated heterocycles. The number of benzene rings is 1. The lowest BCUT2D eigenvalue weighted by Crippen LogP contribution is -2.04. The van der Waals surface area contributed by atoms with Crippen LogP contribution in [0, 0.1) is 0 Å². The molecule has 18 heavy (non-hydrogen) atoms. The number of hydrogen-bond donors (Lipinski definition) is 1. The first-order chi connectivity index (χ1) is 8.83. The van der Waals surface area contributed by atoms with E-state index in [1.54, 1.807) is 18.0 Å². The third-order valence-corrected chi connectivity index (χ3v) is 2.41. The van der Waals surface area contributed by atoms with E-state index in [-0.39, 0.29) is 0 Å². The van der Waals surface area contributed by atoms with Crippen LogP contribution >= 0.6 is 0 Å². The molecule has 0 spiro atoms. The Kier molecular flexibility index (Phi) is 4.27. The van der Waals surface area contributed by atoms with Crippen LogP contribution in [0.4, 0.5) is 0 Å². The Morgan fingerprint density at radius 2 is 2.00 bits per heavy atom. The molecule has 0 atom stereocenters. The van der Waals surface area contributed by atoms with Crippen LogP contribution in [0.1, 0.15) is 5.69 Å². The predicted molar refractivity (Wildman–Crippen MR) is 66.6 cm³/mol. The summed E-state index contributed by atoms with van der Waals surface area (Å²) in [6.45, 7) is 1.50. The van der Waals surface area contributed by atoms with Crippen LogP contribution in [0.15, 0.2) is 30.5 Å². The maximum Gasteiger partial charge on any atom is 0.119 e. The molecule has 1 heterocycles. The van der Waals surface area contributed by atoms with Crippen LogP contribution in [0.3, 0.4) is 0 Å². The Bertz CT molecular complexity index is 481. The highest BCUT2D eigenvalue weighted by molar-refractivity contribution is 5.36. The Hall–Kier alpha value is -1.92. The number of aromatic nitrogens is 3. The van der Waals surface area contributed by atoms with Gasteiger partial charge in [0, 0.05) is 13.7 Å². The van der Waals surface area contributed by atoms with Gasteiger partial charge >= 0.3 is 0 Å². The van der Waals surface area contributed by atoms with E-state index in [1.807, 2.05) is 24.3 Å². The molecule has 0 bridgehead atoms. The fraction of sp³-hybridized carbons (Fsp3) is 0.333. The highest BCUT2D eigenvalue weighted by atomic mass is 16.5. The lowest BCUT2D eigenvalue weighted by molar-refractivity contribution is 0.146. The first kappa shape index (κ1) is 12.5. The molecule has 0 aliphatic carbocycles. The maximum absolute atomic E-state index is 5.49. The molecule has 0 aliphatic heterocycles. The number of nitrogens with zero attached hydrogens (tertiary/aromatic N) is 3. The van der Waals surface area contributed by atoms with Crippen LogP contribution in [0.5, 0.6) is 5.75 Å². The quantitative estimate of drug-likeness (QED) is 0.763. The second-order valence-electron chi connectivity index (χ2n) is 3.69. The number of ether oxygens (including phenoxy) is 2. The Balaban J connectivity index is 2.02. The van der Waals surface area contributed by atoms with Crippen LogP contribution in [0.2, 0.25) is 0 Å². The standard InChI is InChI=1S/C12H16N4O2/c1-17-6-7-18-12-4-2-11(3-5-12)16-9-10(8-13)14-15-16/h2-5,9H,6-8,13H2,1H3. The van der Waals surface area contributed by atoms with E-state index < -0.39 is 0 Å². The van der Waals surface area contributed by atoms with Crippen molar-refractivity contribution in [2.45, 2.75) is 6.54 Å². The third kappa shape index (κ3) is 3.06. The molecule has 0 saturated carbocycles. The summed E-state index contributed by atoms with van der Waals surface area (Å²) in [6, 6.07) is 7.60. The first-order valence-electron chi connectivity index (χ1n) is 5.67. The lowest BCUT2D eigenvalue weighted by atomic mass is 10.3. The van der Waals surface area contributed by atoms with E-state index >= 15 is 0 Å². The van der Waals surface area contributed by atoms with Gasteiger partial charge in [-0.3, -0.25) is 0 Å². The molecular weight excluding hydrogens is 232 g/mol. The van der Waals surface area contributed by atoms with Gasteiger partial charge in [0.05, 0.1) is 24.2 Å². The monoisotopic (exact) mass is 248 g/mol. The highest BCUT2D eigenvalue weighted by Crippen LogP contribution is 2.14. The normalized spacial score (nSPS) is 10.6. The third-order valence-electron chi connectivity index (χ3n) is 2.41. The second-order valence-corrected chi connectivity index (χ2v) is 3.69. The zero-order valence-electron chi connectivity index (χ0n) is 10.2. The minimum absolute atomic E-state index is 0.387. The van der Waals surface area contributed by atoms with Crippen molar-refractivity contribution < 1.29 is 9.47 Å². The molecule has 2 N–H and O–H groups in total. The molecule has 1 aromatic carbocycles. The molecule has 0 amide bonds. The predicted octanol–water partition coefficient (Wildman–Crippen LogP) is 0.751. The van der Waals surface area contributed by atoms with Crippen molar-refractivity contribution >= 4 is 0 Å². The Morgan fingerprint density at radius 3 is 2.61 bits per heavy atom. The van der Waals surface area contributed by atoms with Crippen molar-refractivity contribution in [2.24, 2.45) is 5.73 Å². The number of hydrogen-bond acceptors (Lipinski definition) is 5. The molecule has 96 valence electrons. The van der Waals surface area contributed by atoms with E-state index in [0.717, 1.165) is 17.1 Å². The molecule has 6 nitrogen and oxygen atoms in total. The minimum Gasteiger partial charge on any atom is -0.491 e. The van der Waals surface area contributed by atoms with Crippen LogP contribution in [0.25, 0.3) is 5.69 Å². The average Bonchev–Trinajstić information content (AvgIpc) is 2.89. The van der Waals surface area contributed by atoms with Gasteiger partial charge in [-0.15, -0.1) is 5.10 Å². The van der Waals surface area contributed by atoms with Gasteiger partial charge in [-0.1, -0.05) is 5.21 Å². The highest BCUT2D eigenvalue weighted by Gasteiger charge is 2.01. The van der Waals surface area contributed by atoms with Crippen molar-refractivity contribution in [2.75, 3.05) is 20.3 Å². The zero-order valence-corrected chi connectivity index (χ0v) is 10.2. The Morgan fingerprint density at radius 1 is 1.22 bits per heavy atom. The molecule has 0 fully saturated rings. The second kappa shape index (κ2) is 6.13. The molecule has 0 aliphatic rings. The summed E-state index contributed by atoms with van der Waals surface area (Å²) in [6.07, 6.45) is 1.81. The summed E-state index contributed by atoms with van der Waals surface area (Å²) < 4.78 is 12.1. The first-order valence-corrected chi connectivity index (χ1v) is 5.67. The van der Waals surface area contributed by atoms with Crippen LogP contribution in [-0.4, -0.2) is 35.3 Å². The summed E-state index contributed by atoms with van der Waals surface area (Å²) >= 11 is 0. The van der Waals surface area contributed by atoms with Crippen molar-refractivity contribution in [1.29, 1.82) is 0 Å². The molecule has 2 rings (SSSR count). The van der Waals surface area contributed by atoms with Gasteiger partial charge in [0.1, 0.15) is 12.4 Å². The minimum atomic E-state index is 0.387. The van der Waals surface area contributed by atoms with E-state index in [2.05, 4.69) is 10.3 Å². The molecular formula is C12H16N4O2. The van der Waals surface area contributed by atoms with Gasteiger partial charge in [-0.2, -0.15) is 0 Å². The van der Waals surface area contributed by atoms with Crippen molar-refractivity contribution in [3.63, 3.8) is 0 Å². The smallest absolute Gasteiger partial charge is 0.119 e. The van der Waals surface area contributed by atoms with Crippen LogP contribution < -0.4 is 10.5 Å². The summed E-state index contributed by atoms with van der Waals surface area (Å²) in [4.78, 5) is 0. The van der Waals surface area contributed by atoms with Crippen molar-refractivity contribution in [1.82, 2.24) is 15.0 Å². The average molecular weight is 248 g/mol. The van der Waals surface area contributed by atoms with Crippen molar-refractivity contribution in [3.8, 4) is 11.4 Å². The zero-order chi connectivity index (χ0) is 12.8. The van der Waals surface area contributed by atoms with Crippen molar-refractivity contribution in [3.05, 3.63) is 36.2 Å². The largest absolute Gasteiger partial charge is 0.491 e. The van der Waals surface area contributed by atoms with Gasteiger partial charge in [0.25, 0.3) is 0 Å². The number of methoxy groups -OCH3 is 1. The van der Waals surface area contributed by atoms with Gasteiger partial charge in [0.15, 0.2) is 0 Å². The summed E-state index contributed by atoms with van der Waals surface area (Å²) in [5.74, 6) is 0.801. The molecule has 1 aromatic heterocycles. The van der Waals surface area contributed by atoms with E-state index in [0.29, 0.717) is 19.8 Å². The summed E-state index contributed by atoms with van der Waals surface area (Å²) in [5, 5.41) is 7.92. The summed E-state index contributed by atoms with van der Waals surface area (Å²) in [5.41, 5.74) is 7.16. The van der Waals surface area contributed by atoms with Gasteiger partial charge in [-0.05, 0) is 24.3 Å². The Labute approximate surface area is 105 Å². The van der Waals surface area contributed by atoms with Crippen LogP contribution in [-0.2, 0) is 11.3 Å². The fourth-order valence-corrected chi connectivity index (χ4v) is 1.46. The fourth-order valence-electron chi connectivity index (χ4n) is 1.46. The van der Waals surface area contributed by atoms with Gasteiger partial charge in [0.2, 0.25) is 0 Å². The SMILES string of the molecule is COCCOc1ccc(-n2cc(CN)nn2)cc1.